The molecule has 0 aliphatic carbocycles. The lowest BCUT2D eigenvalue weighted by Gasteiger charge is -2.26. The number of aliphatic hydroxyl groups is 1. The average molecular weight is 313 g/mol. The molecule has 1 saturated heterocycles. The molecule has 2 heterocycles. The van der Waals surface area contributed by atoms with Gasteiger partial charge >= 0.3 is 0 Å². The van der Waals surface area contributed by atoms with Gasteiger partial charge in [0.1, 0.15) is 5.75 Å². The van der Waals surface area contributed by atoms with Crippen molar-refractivity contribution in [3.63, 3.8) is 0 Å². The molecular weight excluding hydrogens is 296 g/mol. The van der Waals surface area contributed by atoms with Crippen LogP contribution in [0, 0.1) is 0 Å². The summed E-state index contributed by atoms with van der Waals surface area (Å²) in [7, 11) is 0. The van der Waals surface area contributed by atoms with E-state index in [1.165, 1.54) is 5.56 Å². The molecule has 3 rings (SSSR count). The van der Waals surface area contributed by atoms with Gasteiger partial charge in [-0.2, -0.15) is 0 Å². The van der Waals surface area contributed by atoms with Crippen LogP contribution in [0.2, 0.25) is 0 Å². The molecular formula is C14H17BrO3. The van der Waals surface area contributed by atoms with Gasteiger partial charge in [0.15, 0.2) is 0 Å². The van der Waals surface area contributed by atoms with Crippen LogP contribution in [-0.4, -0.2) is 30.0 Å². The van der Waals surface area contributed by atoms with E-state index >= 15 is 0 Å². The molecule has 18 heavy (non-hydrogen) atoms. The zero-order chi connectivity index (χ0) is 12.8. The van der Waals surface area contributed by atoms with Gasteiger partial charge in [-0.1, -0.05) is 15.9 Å². The highest BCUT2D eigenvalue weighted by molar-refractivity contribution is 9.10. The molecule has 0 aromatic heterocycles. The summed E-state index contributed by atoms with van der Waals surface area (Å²) in [4.78, 5) is 0. The summed E-state index contributed by atoms with van der Waals surface area (Å²) in [5, 5.41) is 10.6. The van der Waals surface area contributed by atoms with Crippen molar-refractivity contribution in [2.45, 2.75) is 37.9 Å². The number of hydrogen-bond acceptors (Lipinski definition) is 3. The first kappa shape index (κ1) is 12.5. The Morgan fingerprint density at radius 1 is 1.44 bits per heavy atom. The predicted octanol–water partition coefficient (Wildman–Crippen LogP) is 2.47. The molecule has 2 aliphatic rings. The summed E-state index contributed by atoms with van der Waals surface area (Å²) in [6.45, 7) is 3.31. The SMILES string of the molecule is CC1OCCC1(O)Cc1cc(Br)cc2c1OCC2. The summed E-state index contributed by atoms with van der Waals surface area (Å²) in [5.74, 6) is 0.964. The second-order valence-corrected chi connectivity index (χ2v) is 6.11. The maximum absolute atomic E-state index is 10.6. The van der Waals surface area contributed by atoms with Crippen LogP contribution in [-0.2, 0) is 17.6 Å². The van der Waals surface area contributed by atoms with Crippen molar-refractivity contribution in [3.05, 3.63) is 27.7 Å². The van der Waals surface area contributed by atoms with Gasteiger partial charge in [-0.25, -0.2) is 0 Å². The largest absolute Gasteiger partial charge is 0.493 e. The van der Waals surface area contributed by atoms with Gasteiger partial charge in [0.2, 0.25) is 0 Å². The summed E-state index contributed by atoms with van der Waals surface area (Å²) in [5.41, 5.74) is 1.55. The predicted molar refractivity (Wildman–Crippen MR) is 72.0 cm³/mol. The zero-order valence-electron chi connectivity index (χ0n) is 10.4. The first-order valence-electron chi connectivity index (χ1n) is 6.36. The van der Waals surface area contributed by atoms with E-state index in [4.69, 9.17) is 9.47 Å². The fraction of sp³-hybridized carbons (Fsp3) is 0.571. The molecule has 0 spiro atoms. The van der Waals surface area contributed by atoms with Gasteiger partial charge in [0.05, 0.1) is 18.3 Å². The van der Waals surface area contributed by atoms with E-state index in [0.29, 0.717) is 19.4 Å². The highest BCUT2D eigenvalue weighted by Gasteiger charge is 2.40. The van der Waals surface area contributed by atoms with E-state index < -0.39 is 5.60 Å². The minimum atomic E-state index is -0.763. The first-order chi connectivity index (χ1) is 8.58. The number of fused-ring (bicyclic) bond motifs is 1. The van der Waals surface area contributed by atoms with Crippen molar-refractivity contribution in [2.24, 2.45) is 0 Å². The fourth-order valence-electron chi connectivity index (χ4n) is 2.81. The molecule has 2 atom stereocenters. The van der Waals surface area contributed by atoms with E-state index in [-0.39, 0.29) is 6.10 Å². The van der Waals surface area contributed by atoms with Gasteiger partial charge < -0.3 is 14.6 Å². The van der Waals surface area contributed by atoms with E-state index in [1.807, 2.05) is 13.0 Å². The maximum atomic E-state index is 10.6. The molecule has 1 aromatic rings. The van der Waals surface area contributed by atoms with Gasteiger partial charge in [0.25, 0.3) is 0 Å². The van der Waals surface area contributed by atoms with Crippen LogP contribution < -0.4 is 4.74 Å². The molecule has 0 amide bonds. The minimum Gasteiger partial charge on any atom is -0.493 e. The second-order valence-electron chi connectivity index (χ2n) is 5.19. The van der Waals surface area contributed by atoms with Crippen LogP contribution in [0.1, 0.15) is 24.5 Å². The summed E-state index contributed by atoms with van der Waals surface area (Å²) in [6, 6.07) is 4.15. The van der Waals surface area contributed by atoms with Gasteiger partial charge in [0, 0.05) is 30.3 Å². The monoisotopic (exact) mass is 312 g/mol. The van der Waals surface area contributed by atoms with Crippen LogP contribution in [0.15, 0.2) is 16.6 Å². The van der Waals surface area contributed by atoms with Crippen molar-refractivity contribution in [1.82, 2.24) is 0 Å². The summed E-state index contributed by atoms with van der Waals surface area (Å²) < 4.78 is 12.2. The third-order valence-electron chi connectivity index (χ3n) is 3.98. The van der Waals surface area contributed by atoms with Crippen LogP contribution >= 0.6 is 15.9 Å². The molecule has 2 unspecified atom stereocenters. The first-order valence-corrected chi connectivity index (χ1v) is 7.16. The Morgan fingerprint density at radius 3 is 3.00 bits per heavy atom. The third kappa shape index (κ3) is 2.06. The lowest BCUT2D eigenvalue weighted by molar-refractivity contribution is -0.0271. The molecule has 0 saturated carbocycles. The van der Waals surface area contributed by atoms with Crippen molar-refractivity contribution in [3.8, 4) is 5.75 Å². The van der Waals surface area contributed by atoms with Crippen LogP contribution in [0.3, 0.4) is 0 Å². The van der Waals surface area contributed by atoms with Gasteiger partial charge in [-0.15, -0.1) is 0 Å². The standard InChI is InChI=1S/C14H17BrO3/c1-9-14(16,3-5-17-9)8-11-7-12(15)6-10-2-4-18-13(10)11/h6-7,9,16H,2-5,8H2,1H3. The molecule has 1 N–H and O–H groups in total. The Bertz CT molecular complexity index is 474. The Morgan fingerprint density at radius 2 is 2.28 bits per heavy atom. The van der Waals surface area contributed by atoms with Crippen molar-refractivity contribution >= 4 is 15.9 Å². The molecule has 1 fully saturated rings. The fourth-order valence-corrected chi connectivity index (χ4v) is 3.36. The Hall–Kier alpha value is -0.580. The normalized spacial score (nSPS) is 30.3. The molecule has 0 radical (unpaired) electrons. The highest BCUT2D eigenvalue weighted by Crippen LogP contribution is 2.38. The van der Waals surface area contributed by atoms with E-state index in [2.05, 4.69) is 22.0 Å². The van der Waals surface area contributed by atoms with Crippen molar-refractivity contribution < 1.29 is 14.6 Å². The smallest absolute Gasteiger partial charge is 0.125 e. The summed E-state index contributed by atoms with van der Waals surface area (Å²) in [6.07, 6.45) is 2.12. The van der Waals surface area contributed by atoms with E-state index in [1.54, 1.807) is 0 Å². The number of ether oxygens (including phenoxy) is 2. The van der Waals surface area contributed by atoms with Crippen LogP contribution in [0.4, 0.5) is 0 Å². The maximum Gasteiger partial charge on any atom is 0.125 e. The lowest BCUT2D eigenvalue weighted by Crippen LogP contribution is -2.38. The zero-order valence-corrected chi connectivity index (χ0v) is 12.0. The number of hydrogen-bond donors (Lipinski definition) is 1. The number of rotatable bonds is 2. The van der Waals surface area contributed by atoms with Gasteiger partial charge in [-0.3, -0.25) is 0 Å². The number of halogens is 1. The third-order valence-corrected chi connectivity index (χ3v) is 4.44. The van der Waals surface area contributed by atoms with Crippen molar-refractivity contribution in [2.75, 3.05) is 13.2 Å². The summed E-state index contributed by atoms with van der Waals surface area (Å²) >= 11 is 3.53. The Labute approximate surface area is 115 Å². The molecule has 2 aliphatic heterocycles. The minimum absolute atomic E-state index is 0.117. The van der Waals surface area contributed by atoms with Gasteiger partial charge in [-0.05, 0) is 30.2 Å². The molecule has 3 nitrogen and oxygen atoms in total. The lowest BCUT2D eigenvalue weighted by atomic mass is 9.88. The quantitative estimate of drug-likeness (QED) is 0.911. The Kier molecular flexibility index (Phi) is 3.12. The van der Waals surface area contributed by atoms with E-state index in [9.17, 15) is 5.11 Å². The topological polar surface area (TPSA) is 38.7 Å². The molecule has 98 valence electrons. The molecule has 4 heteroatoms. The Balaban J connectivity index is 1.93. The van der Waals surface area contributed by atoms with Crippen LogP contribution in [0.5, 0.6) is 5.75 Å². The highest BCUT2D eigenvalue weighted by atomic mass is 79.9. The average Bonchev–Trinajstić information content (AvgIpc) is 2.87. The molecule has 1 aromatic carbocycles. The number of benzene rings is 1. The molecule has 0 bridgehead atoms. The van der Waals surface area contributed by atoms with Crippen LogP contribution in [0.25, 0.3) is 0 Å². The van der Waals surface area contributed by atoms with Crippen molar-refractivity contribution in [1.29, 1.82) is 0 Å². The second kappa shape index (κ2) is 4.51. The van der Waals surface area contributed by atoms with E-state index in [0.717, 1.165) is 28.8 Å².